The Morgan fingerprint density at radius 1 is 0.929 bits per heavy atom. The minimum absolute atomic E-state index is 0.778. The summed E-state index contributed by atoms with van der Waals surface area (Å²) in [5.41, 5.74) is -0.815. The van der Waals surface area contributed by atoms with E-state index < -0.39 is 17.5 Å². The van der Waals surface area contributed by atoms with Crippen molar-refractivity contribution in [2.75, 3.05) is 26.4 Å². The third-order valence-corrected chi connectivity index (χ3v) is 1.26. The quantitative estimate of drug-likeness (QED) is 0.366. The van der Waals surface area contributed by atoms with Crippen LogP contribution in [-0.4, -0.2) is 48.6 Å². The van der Waals surface area contributed by atoms with E-state index in [4.69, 9.17) is 19.7 Å². The van der Waals surface area contributed by atoms with Crippen molar-refractivity contribution in [3.63, 3.8) is 0 Å². The lowest BCUT2D eigenvalue weighted by atomic mass is 10.3. The van der Waals surface area contributed by atoms with E-state index in [9.17, 15) is 9.59 Å². The Labute approximate surface area is 80.7 Å². The van der Waals surface area contributed by atoms with Crippen LogP contribution in [0.1, 0.15) is 0 Å². The second-order valence-corrected chi connectivity index (χ2v) is 2.31. The molecule has 1 aliphatic rings. The summed E-state index contributed by atoms with van der Waals surface area (Å²) in [6.07, 6.45) is 0. The summed E-state index contributed by atoms with van der Waals surface area (Å²) in [7, 11) is 0. The van der Waals surface area contributed by atoms with Gasteiger partial charge in [-0.25, -0.2) is 9.59 Å². The molecular weight excluding hydrogens is 192 g/mol. The van der Waals surface area contributed by atoms with Crippen molar-refractivity contribution in [2.24, 2.45) is 0 Å². The maximum absolute atomic E-state index is 9.66. The van der Waals surface area contributed by atoms with Gasteiger partial charge < -0.3 is 19.7 Å². The van der Waals surface area contributed by atoms with Gasteiger partial charge in [-0.2, -0.15) is 0 Å². The molecule has 0 aliphatic carbocycles. The van der Waals surface area contributed by atoms with Crippen LogP contribution in [0.4, 0.5) is 0 Å². The van der Waals surface area contributed by atoms with Crippen molar-refractivity contribution in [3.8, 4) is 0 Å². The Hall–Kier alpha value is -1.40. The number of carbonyl (C=O) groups is 2. The molecule has 6 heteroatoms. The molecule has 1 heterocycles. The molecule has 0 atom stereocenters. The van der Waals surface area contributed by atoms with Crippen molar-refractivity contribution in [1.29, 1.82) is 0 Å². The monoisotopic (exact) mass is 204 g/mol. The molecule has 0 aromatic rings. The fourth-order valence-corrected chi connectivity index (χ4v) is 0.531. The normalized spacial score (nSPS) is 14.9. The van der Waals surface area contributed by atoms with Crippen molar-refractivity contribution in [3.05, 3.63) is 12.2 Å². The van der Waals surface area contributed by atoms with Crippen molar-refractivity contribution in [2.45, 2.75) is 0 Å². The molecule has 6 nitrogen and oxygen atoms in total. The number of carboxylic acids is 2. The first-order valence-corrected chi connectivity index (χ1v) is 3.86. The molecule has 1 rings (SSSR count). The lowest BCUT2D eigenvalue weighted by molar-refractivity contribution is -0.140. The third-order valence-electron chi connectivity index (χ3n) is 1.26. The summed E-state index contributed by atoms with van der Waals surface area (Å²) in [6.45, 7) is 5.87. The van der Waals surface area contributed by atoms with E-state index in [-0.39, 0.29) is 0 Å². The first kappa shape index (κ1) is 12.6. The maximum atomic E-state index is 9.66. The van der Waals surface area contributed by atoms with Gasteiger partial charge in [0, 0.05) is 0 Å². The van der Waals surface area contributed by atoms with Gasteiger partial charge in [-0.05, 0) is 0 Å². The SMILES string of the molecule is C1COCCO1.C=C(C(=O)O)C(=O)O. The Morgan fingerprint density at radius 2 is 1.21 bits per heavy atom. The standard InChI is InChI=1S/C4H4O4.C4H8O2/c1-2(3(5)6)4(7)8;1-2-6-4-3-5-1/h1H2,(H,5,6)(H,7,8);1-4H2. The maximum Gasteiger partial charge on any atom is 0.342 e. The summed E-state index contributed by atoms with van der Waals surface area (Å²) in [6, 6.07) is 0. The number of hydrogen-bond acceptors (Lipinski definition) is 4. The lowest BCUT2D eigenvalue weighted by Gasteiger charge is -2.09. The molecule has 1 fully saturated rings. The van der Waals surface area contributed by atoms with Gasteiger partial charge >= 0.3 is 11.9 Å². The van der Waals surface area contributed by atoms with E-state index in [0.29, 0.717) is 0 Å². The van der Waals surface area contributed by atoms with Crippen LogP contribution in [0.2, 0.25) is 0 Å². The van der Waals surface area contributed by atoms with Crippen LogP contribution >= 0.6 is 0 Å². The van der Waals surface area contributed by atoms with E-state index in [1.54, 1.807) is 0 Å². The first-order valence-electron chi connectivity index (χ1n) is 3.86. The predicted molar refractivity (Wildman–Crippen MR) is 46.0 cm³/mol. The molecule has 0 unspecified atom stereocenters. The Bertz CT molecular complexity index is 190. The van der Waals surface area contributed by atoms with Crippen LogP contribution in [0.5, 0.6) is 0 Å². The van der Waals surface area contributed by atoms with Crippen LogP contribution in [0, 0.1) is 0 Å². The molecule has 14 heavy (non-hydrogen) atoms. The smallest absolute Gasteiger partial charge is 0.342 e. The predicted octanol–water partition coefficient (Wildman–Crippen LogP) is -0.255. The zero-order valence-electron chi connectivity index (χ0n) is 7.56. The summed E-state index contributed by atoms with van der Waals surface area (Å²) >= 11 is 0. The second kappa shape index (κ2) is 7.05. The van der Waals surface area contributed by atoms with Crippen molar-refractivity contribution < 1.29 is 29.3 Å². The van der Waals surface area contributed by atoms with Gasteiger partial charge in [-0.3, -0.25) is 0 Å². The molecule has 0 spiro atoms. The fourth-order valence-electron chi connectivity index (χ4n) is 0.531. The average molecular weight is 204 g/mol. The largest absolute Gasteiger partial charge is 0.477 e. The Morgan fingerprint density at radius 3 is 1.29 bits per heavy atom. The minimum atomic E-state index is -1.50. The minimum Gasteiger partial charge on any atom is -0.477 e. The van der Waals surface area contributed by atoms with Gasteiger partial charge in [0.05, 0.1) is 26.4 Å². The molecule has 0 amide bonds. The van der Waals surface area contributed by atoms with E-state index in [1.807, 2.05) is 0 Å². The first-order chi connectivity index (χ1) is 6.55. The highest BCUT2D eigenvalue weighted by Gasteiger charge is 2.10. The van der Waals surface area contributed by atoms with Crippen LogP contribution in [-0.2, 0) is 19.1 Å². The highest BCUT2D eigenvalue weighted by atomic mass is 16.6. The van der Waals surface area contributed by atoms with E-state index >= 15 is 0 Å². The van der Waals surface area contributed by atoms with E-state index in [1.165, 1.54) is 0 Å². The molecule has 0 radical (unpaired) electrons. The van der Waals surface area contributed by atoms with Crippen LogP contribution in [0.3, 0.4) is 0 Å². The van der Waals surface area contributed by atoms with Gasteiger partial charge in [0.25, 0.3) is 0 Å². The summed E-state index contributed by atoms with van der Waals surface area (Å²) in [5.74, 6) is -3.00. The Balaban J connectivity index is 0.000000249. The lowest BCUT2D eigenvalue weighted by Crippen LogP contribution is -2.16. The highest BCUT2D eigenvalue weighted by molar-refractivity contribution is 6.11. The van der Waals surface area contributed by atoms with Crippen molar-refractivity contribution in [1.82, 2.24) is 0 Å². The Kier molecular flexibility index (Phi) is 6.34. The van der Waals surface area contributed by atoms with Gasteiger partial charge in [-0.15, -0.1) is 0 Å². The summed E-state index contributed by atoms with van der Waals surface area (Å²) < 4.78 is 9.89. The van der Waals surface area contributed by atoms with Gasteiger partial charge in [0.2, 0.25) is 0 Å². The van der Waals surface area contributed by atoms with Crippen molar-refractivity contribution >= 4 is 11.9 Å². The topological polar surface area (TPSA) is 93.1 Å². The molecule has 80 valence electrons. The zero-order chi connectivity index (χ0) is 11.0. The molecule has 0 aromatic heterocycles. The fraction of sp³-hybridized carbons (Fsp3) is 0.500. The van der Waals surface area contributed by atoms with E-state index in [2.05, 4.69) is 6.58 Å². The van der Waals surface area contributed by atoms with Gasteiger partial charge in [0.1, 0.15) is 5.57 Å². The highest BCUT2D eigenvalue weighted by Crippen LogP contribution is 1.86. The van der Waals surface area contributed by atoms with Crippen LogP contribution in [0.15, 0.2) is 12.2 Å². The second-order valence-electron chi connectivity index (χ2n) is 2.31. The third kappa shape index (κ3) is 6.15. The molecule has 2 N–H and O–H groups in total. The van der Waals surface area contributed by atoms with Crippen LogP contribution in [0.25, 0.3) is 0 Å². The van der Waals surface area contributed by atoms with E-state index in [0.717, 1.165) is 26.4 Å². The molecule has 0 saturated carbocycles. The summed E-state index contributed by atoms with van der Waals surface area (Å²) in [5, 5.41) is 15.7. The number of carboxylic acid groups (broad SMARTS) is 2. The molecule has 1 saturated heterocycles. The number of rotatable bonds is 2. The zero-order valence-corrected chi connectivity index (χ0v) is 7.56. The van der Waals surface area contributed by atoms with Gasteiger partial charge in [-0.1, -0.05) is 6.58 Å². The number of hydrogen-bond donors (Lipinski definition) is 2. The van der Waals surface area contributed by atoms with Gasteiger partial charge in [0.15, 0.2) is 0 Å². The summed E-state index contributed by atoms with van der Waals surface area (Å²) in [4.78, 5) is 19.3. The molecule has 1 aliphatic heterocycles. The number of aliphatic carboxylic acids is 2. The van der Waals surface area contributed by atoms with Crippen LogP contribution < -0.4 is 0 Å². The average Bonchev–Trinajstić information content (AvgIpc) is 2.20. The molecule has 0 bridgehead atoms. The molecule has 0 aromatic carbocycles. The molecular formula is C8H12O6. The number of ether oxygens (including phenoxy) is 2.